The SMILES string of the molecule is Cc1ccc(-c2nc3cc(CN(C)C)ccn3c2-c2ccnc(NCCN)n2)cc1. The molecule has 7 heteroatoms. The smallest absolute Gasteiger partial charge is 0.223 e. The van der Waals surface area contributed by atoms with Crippen molar-refractivity contribution in [3.05, 3.63) is 66.0 Å². The molecular formula is C23H27N7. The Morgan fingerprint density at radius 3 is 2.60 bits per heavy atom. The first-order chi connectivity index (χ1) is 14.5. The molecule has 0 atom stereocenters. The third-order valence-corrected chi connectivity index (χ3v) is 4.84. The molecule has 0 spiro atoms. The average molecular weight is 402 g/mol. The Morgan fingerprint density at radius 2 is 1.87 bits per heavy atom. The van der Waals surface area contributed by atoms with Crippen molar-refractivity contribution in [3.63, 3.8) is 0 Å². The maximum absolute atomic E-state index is 5.61. The van der Waals surface area contributed by atoms with E-state index in [1.54, 1.807) is 6.20 Å². The fraction of sp³-hybridized carbons (Fsp3) is 0.261. The first-order valence-electron chi connectivity index (χ1n) is 10.1. The minimum Gasteiger partial charge on any atom is -0.353 e. The van der Waals surface area contributed by atoms with Crippen molar-refractivity contribution in [1.82, 2.24) is 24.3 Å². The quantitative estimate of drug-likeness (QED) is 0.495. The van der Waals surface area contributed by atoms with Gasteiger partial charge in [-0.25, -0.2) is 15.0 Å². The largest absolute Gasteiger partial charge is 0.353 e. The third kappa shape index (κ3) is 4.17. The second-order valence-electron chi connectivity index (χ2n) is 7.66. The van der Waals surface area contributed by atoms with Crippen LogP contribution in [0.2, 0.25) is 0 Å². The summed E-state index contributed by atoms with van der Waals surface area (Å²) in [5, 5.41) is 3.16. The van der Waals surface area contributed by atoms with Crippen molar-refractivity contribution in [2.24, 2.45) is 5.73 Å². The van der Waals surface area contributed by atoms with Crippen molar-refractivity contribution < 1.29 is 0 Å². The van der Waals surface area contributed by atoms with E-state index in [1.807, 2.05) is 6.07 Å². The van der Waals surface area contributed by atoms with Crippen LogP contribution in [0.3, 0.4) is 0 Å². The van der Waals surface area contributed by atoms with E-state index < -0.39 is 0 Å². The van der Waals surface area contributed by atoms with E-state index in [-0.39, 0.29) is 0 Å². The van der Waals surface area contributed by atoms with Crippen molar-refractivity contribution in [1.29, 1.82) is 0 Å². The molecule has 3 heterocycles. The van der Waals surface area contributed by atoms with Gasteiger partial charge in [-0.1, -0.05) is 29.8 Å². The van der Waals surface area contributed by atoms with Gasteiger partial charge >= 0.3 is 0 Å². The third-order valence-electron chi connectivity index (χ3n) is 4.84. The summed E-state index contributed by atoms with van der Waals surface area (Å²) in [4.78, 5) is 16.2. The molecule has 3 aromatic heterocycles. The van der Waals surface area contributed by atoms with Crippen LogP contribution in [0.4, 0.5) is 5.95 Å². The summed E-state index contributed by atoms with van der Waals surface area (Å²) >= 11 is 0. The Hall–Kier alpha value is -3.29. The van der Waals surface area contributed by atoms with Crippen LogP contribution in [0.1, 0.15) is 11.1 Å². The molecule has 0 radical (unpaired) electrons. The highest BCUT2D eigenvalue weighted by atomic mass is 15.1. The van der Waals surface area contributed by atoms with Crippen LogP contribution in [0.15, 0.2) is 54.9 Å². The number of pyridine rings is 1. The Morgan fingerprint density at radius 1 is 1.07 bits per heavy atom. The number of nitrogens with one attached hydrogen (secondary N) is 1. The summed E-state index contributed by atoms with van der Waals surface area (Å²) in [5.41, 5.74) is 12.7. The topological polar surface area (TPSA) is 84.4 Å². The van der Waals surface area contributed by atoms with E-state index in [1.165, 1.54) is 11.1 Å². The van der Waals surface area contributed by atoms with Gasteiger partial charge in [-0.05, 0) is 44.8 Å². The predicted octanol–water partition coefficient (Wildman–Crippen LogP) is 3.20. The van der Waals surface area contributed by atoms with Gasteiger partial charge in [0.05, 0.1) is 17.1 Å². The molecule has 154 valence electrons. The molecule has 0 aliphatic rings. The zero-order chi connectivity index (χ0) is 21.1. The molecule has 0 fully saturated rings. The van der Waals surface area contributed by atoms with E-state index >= 15 is 0 Å². The van der Waals surface area contributed by atoms with Crippen molar-refractivity contribution in [2.75, 3.05) is 32.5 Å². The van der Waals surface area contributed by atoms with E-state index in [0.29, 0.717) is 19.0 Å². The summed E-state index contributed by atoms with van der Waals surface area (Å²) in [6.45, 7) is 4.09. The molecule has 0 saturated heterocycles. The fourth-order valence-corrected chi connectivity index (χ4v) is 3.47. The molecule has 7 nitrogen and oxygen atoms in total. The molecule has 0 amide bonds. The molecule has 4 rings (SSSR count). The van der Waals surface area contributed by atoms with Crippen LogP contribution in [-0.4, -0.2) is 51.4 Å². The van der Waals surface area contributed by atoms with E-state index in [0.717, 1.165) is 34.8 Å². The number of benzene rings is 1. The van der Waals surface area contributed by atoms with Crippen molar-refractivity contribution in [3.8, 4) is 22.6 Å². The van der Waals surface area contributed by atoms with Crippen LogP contribution >= 0.6 is 0 Å². The number of nitrogens with zero attached hydrogens (tertiary/aromatic N) is 5. The first-order valence-corrected chi connectivity index (χ1v) is 10.1. The van der Waals surface area contributed by atoms with Crippen LogP contribution in [-0.2, 0) is 6.54 Å². The molecule has 30 heavy (non-hydrogen) atoms. The lowest BCUT2D eigenvalue weighted by Crippen LogP contribution is -2.14. The van der Waals surface area contributed by atoms with E-state index in [9.17, 15) is 0 Å². The molecule has 0 aliphatic heterocycles. The monoisotopic (exact) mass is 401 g/mol. The summed E-state index contributed by atoms with van der Waals surface area (Å²) < 4.78 is 2.10. The van der Waals surface area contributed by atoms with Crippen molar-refractivity contribution >= 4 is 11.6 Å². The summed E-state index contributed by atoms with van der Waals surface area (Å²) in [6.07, 6.45) is 3.84. The van der Waals surface area contributed by atoms with Gasteiger partial charge in [0.25, 0.3) is 0 Å². The molecule has 0 saturated carbocycles. The van der Waals surface area contributed by atoms with Crippen LogP contribution in [0, 0.1) is 6.92 Å². The van der Waals surface area contributed by atoms with Gasteiger partial charge in [0.15, 0.2) is 0 Å². The summed E-state index contributed by atoms with van der Waals surface area (Å²) in [5.74, 6) is 0.562. The highest BCUT2D eigenvalue weighted by molar-refractivity contribution is 5.80. The van der Waals surface area contributed by atoms with Gasteiger partial charge in [-0.3, -0.25) is 4.40 Å². The summed E-state index contributed by atoms with van der Waals surface area (Å²) in [6, 6.07) is 14.6. The maximum Gasteiger partial charge on any atom is 0.223 e. The van der Waals surface area contributed by atoms with E-state index in [4.69, 9.17) is 15.7 Å². The van der Waals surface area contributed by atoms with Crippen LogP contribution in [0.5, 0.6) is 0 Å². The van der Waals surface area contributed by atoms with Crippen LogP contribution in [0.25, 0.3) is 28.3 Å². The highest BCUT2D eigenvalue weighted by Crippen LogP contribution is 2.32. The van der Waals surface area contributed by atoms with Gasteiger partial charge < -0.3 is 16.0 Å². The number of imidazole rings is 1. The van der Waals surface area contributed by atoms with Gasteiger partial charge in [-0.2, -0.15) is 0 Å². The molecule has 0 bridgehead atoms. The van der Waals surface area contributed by atoms with Gasteiger partial charge in [0.1, 0.15) is 5.65 Å². The van der Waals surface area contributed by atoms with Gasteiger partial charge in [0, 0.05) is 37.6 Å². The normalized spacial score (nSPS) is 11.4. The molecule has 3 N–H and O–H groups in total. The zero-order valence-corrected chi connectivity index (χ0v) is 17.6. The van der Waals surface area contributed by atoms with Crippen LogP contribution < -0.4 is 11.1 Å². The van der Waals surface area contributed by atoms with Gasteiger partial charge in [0.2, 0.25) is 5.95 Å². The Balaban J connectivity index is 1.89. The Bertz CT molecular complexity index is 1150. The molecule has 0 aliphatic carbocycles. The second kappa shape index (κ2) is 8.61. The number of hydrogen-bond donors (Lipinski definition) is 2. The zero-order valence-electron chi connectivity index (χ0n) is 17.6. The maximum atomic E-state index is 5.61. The number of rotatable bonds is 7. The number of hydrogen-bond acceptors (Lipinski definition) is 6. The lowest BCUT2D eigenvalue weighted by molar-refractivity contribution is 0.402. The second-order valence-corrected chi connectivity index (χ2v) is 7.66. The average Bonchev–Trinajstić information content (AvgIpc) is 3.11. The predicted molar refractivity (Wildman–Crippen MR) is 121 cm³/mol. The number of fused-ring (bicyclic) bond motifs is 1. The number of aromatic nitrogens is 4. The Labute approximate surface area is 176 Å². The minimum atomic E-state index is 0.520. The van der Waals surface area contributed by atoms with E-state index in [2.05, 4.69) is 83.2 Å². The van der Waals surface area contributed by atoms with Gasteiger partial charge in [-0.15, -0.1) is 0 Å². The molecule has 1 aromatic carbocycles. The lowest BCUT2D eigenvalue weighted by atomic mass is 10.1. The molecular weight excluding hydrogens is 374 g/mol. The number of nitrogens with two attached hydrogens (primary N) is 1. The summed E-state index contributed by atoms with van der Waals surface area (Å²) in [7, 11) is 4.13. The van der Waals surface area contributed by atoms with Crippen molar-refractivity contribution in [2.45, 2.75) is 13.5 Å². The fourth-order valence-electron chi connectivity index (χ4n) is 3.47. The molecule has 4 aromatic rings. The minimum absolute atomic E-state index is 0.520. The number of aryl methyl sites for hydroxylation is 1. The first kappa shape index (κ1) is 20.0. The number of anilines is 1. The highest BCUT2D eigenvalue weighted by Gasteiger charge is 2.18. The Kier molecular flexibility index (Phi) is 5.74. The lowest BCUT2D eigenvalue weighted by Gasteiger charge is -2.10. The molecule has 0 unspecified atom stereocenters. The standard InChI is InChI=1S/C23H27N7/c1-16-4-6-18(7-5-16)21-22(19-8-11-25-23(27-19)26-12-10-24)30-13-9-17(15-29(2)3)14-20(30)28-21/h4-9,11,13-14H,10,12,15,24H2,1-3H3,(H,25,26,27).